The number of thiazole rings is 1. The summed E-state index contributed by atoms with van der Waals surface area (Å²) in [6.07, 6.45) is -1.78. The average molecular weight is 288 g/mol. The van der Waals surface area contributed by atoms with Gasteiger partial charge in [-0.15, -0.1) is 11.3 Å². The summed E-state index contributed by atoms with van der Waals surface area (Å²) in [6, 6.07) is 0. The zero-order valence-electron chi connectivity index (χ0n) is 9.81. The highest BCUT2D eigenvalue weighted by atomic mass is 32.1. The summed E-state index contributed by atoms with van der Waals surface area (Å²) < 4.78 is 36.2. The third kappa shape index (κ3) is 4.16. The minimum atomic E-state index is -4.21. The molecule has 0 spiro atoms. The summed E-state index contributed by atoms with van der Waals surface area (Å²) in [4.78, 5) is 11.9. The average Bonchev–Trinajstić information content (AvgIpc) is 2.81. The van der Waals surface area contributed by atoms with Gasteiger partial charge in [-0.1, -0.05) is 0 Å². The van der Waals surface area contributed by atoms with Gasteiger partial charge in [-0.2, -0.15) is 13.2 Å². The molecule has 2 aromatic rings. The van der Waals surface area contributed by atoms with E-state index in [-0.39, 0.29) is 18.1 Å². The van der Waals surface area contributed by atoms with Crippen molar-refractivity contribution in [3.63, 3.8) is 0 Å². The number of nitrogen functional groups attached to an aromatic ring is 1. The summed E-state index contributed by atoms with van der Waals surface area (Å²) in [5, 5.41) is 2.70. The Morgan fingerprint density at radius 3 is 2.63 bits per heavy atom. The molecule has 0 saturated heterocycles. The van der Waals surface area contributed by atoms with E-state index in [0.29, 0.717) is 12.0 Å². The van der Waals surface area contributed by atoms with Crippen LogP contribution in [-0.2, 0) is 12.8 Å². The summed E-state index contributed by atoms with van der Waals surface area (Å²) in [5.74, 6) is 0.320. The Labute approximate surface area is 111 Å². The van der Waals surface area contributed by atoms with Crippen molar-refractivity contribution in [2.24, 2.45) is 0 Å². The zero-order chi connectivity index (χ0) is 13.9. The number of anilines is 1. The van der Waals surface area contributed by atoms with Gasteiger partial charge in [-0.3, -0.25) is 0 Å². The van der Waals surface area contributed by atoms with Gasteiger partial charge in [0.15, 0.2) is 0 Å². The molecule has 8 heteroatoms. The third-order valence-corrected chi connectivity index (χ3v) is 3.18. The predicted octanol–water partition coefficient (Wildman–Crippen LogP) is 2.60. The van der Waals surface area contributed by atoms with Gasteiger partial charge in [0.05, 0.1) is 11.4 Å². The lowest BCUT2D eigenvalue weighted by atomic mass is 10.2. The van der Waals surface area contributed by atoms with Crippen LogP contribution in [0.1, 0.15) is 22.8 Å². The van der Waals surface area contributed by atoms with E-state index in [4.69, 9.17) is 5.73 Å². The van der Waals surface area contributed by atoms with E-state index >= 15 is 0 Å². The molecule has 0 fully saturated rings. The molecule has 4 nitrogen and oxygen atoms in total. The number of nitrogens with two attached hydrogens (primary N) is 1. The Hall–Kier alpha value is -1.70. The van der Waals surface area contributed by atoms with Gasteiger partial charge in [0.2, 0.25) is 0 Å². The SMILES string of the molecule is Nc1nc(CCC(F)(F)F)ncc1Cc1nccs1. The van der Waals surface area contributed by atoms with Gasteiger partial charge in [0.1, 0.15) is 11.6 Å². The zero-order valence-corrected chi connectivity index (χ0v) is 10.6. The Morgan fingerprint density at radius 1 is 1.26 bits per heavy atom. The molecule has 0 aliphatic carbocycles. The first-order chi connectivity index (χ1) is 8.94. The minimum Gasteiger partial charge on any atom is -0.383 e. The molecule has 2 heterocycles. The van der Waals surface area contributed by atoms with Crippen LogP contribution in [0.3, 0.4) is 0 Å². The first kappa shape index (κ1) is 13.7. The van der Waals surface area contributed by atoms with Crippen molar-refractivity contribution < 1.29 is 13.2 Å². The molecule has 0 aromatic carbocycles. The third-order valence-electron chi connectivity index (χ3n) is 2.41. The first-order valence-corrected chi connectivity index (χ1v) is 6.37. The minimum absolute atomic E-state index is 0.109. The summed E-state index contributed by atoms with van der Waals surface area (Å²) >= 11 is 1.47. The van der Waals surface area contributed by atoms with E-state index in [0.717, 1.165) is 5.01 Å². The van der Waals surface area contributed by atoms with E-state index < -0.39 is 12.6 Å². The van der Waals surface area contributed by atoms with E-state index in [9.17, 15) is 13.2 Å². The molecule has 0 bridgehead atoms. The van der Waals surface area contributed by atoms with E-state index in [1.807, 2.05) is 5.38 Å². The van der Waals surface area contributed by atoms with Crippen LogP contribution >= 0.6 is 11.3 Å². The maximum Gasteiger partial charge on any atom is 0.389 e. The van der Waals surface area contributed by atoms with Crippen LogP contribution in [0.2, 0.25) is 0 Å². The number of halogens is 3. The molecule has 2 N–H and O–H groups in total. The highest BCUT2D eigenvalue weighted by molar-refractivity contribution is 7.09. The topological polar surface area (TPSA) is 64.7 Å². The normalized spacial score (nSPS) is 11.7. The molecule has 2 aromatic heterocycles. The lowest BCUT2D eigenvalue weighted by molar-refractivity contribution is -0.134. The molecule has 0 unspecified atom stereocenters. The summed E-state index contributed by atoms with van der Waals surface area (Å²) in [7, 11) is 0. The summed E-state index contributed by atoms with van der Waals surface area (Å²) in [6.45, 7) is 0. The van der Waals surface area contributed by atoms with Crippen LogP contribution in [0.15, 0.2) is 17.8 Å². The van der Waals surface area contributed by atoms with Crippen LogP contribution in [0.25, 0.3) is 0 Å². The Morgan fingerprint density at radius 2 is 2.05 bits per heavy atom. The molecule has 19 heavy (non-hydrogen) atoms. The van der Waals surface area contributed by atoms with Crippen LogP contribution in [0, 0.1) is 0 Å². The monoisotopic (exact) mass is 288 g/mol. The van der Waals surface area contributed by atoms with Gasteiger partial charge < -0.3 is 5.73 Å². The van der Waals surface area contributed by atoms with Crippen molar-refractivity contribution in [2.75, 3.05) is 5.73 Å². The van der Waals surface area contributed by atoms with E-state index in [1.54, 1.807) is 6.20 Å². The molecule has 0 saturated carbocycles. The van der Waals surface area contributed by atoms with Crippen LogP contribution in [-0.4, -0.2) is 21.1 Å². The fourth-order valence-electron chi connectivity index (χ4n) is 1.47. The lowest BCUT2D eigenvalue weighted by Gasteiger charge is -2.07. The molecule has 2 rings (SSSR count). The maximum atomic E-state index is 12.1. The smallest absolute Gasteiger partial charge is 0.383 e. The molecule has 0 aliphatic heterocycles. The molecule has 0 radical (unpaired) electrons. The molecular formula is C11H11F3N4S. The largest absolute Gasteiger partial charge is 0.389 e. The van der Waals surface area contributed by atoms with Crippen LogP contribution < -0.4 is 5.73 Å². The van der Waals surface area contributed by atoms with Gasteiger partial charge in [0.25, 0.3) is 0 Å². The Bertz CT molecular complexity index is 539. The molecular weight excluding hydrogens is 277 g/mol. The number of hydrogen-bond donors (Lipinski definition) is 1. The molecule has 102 valence electrons. The fourth-order valence-corrected chi connectivity index (χ4v) is 2.11. The Kier molecular flexibility index (Phi) is 3.98. The second-order valence-corrected chi connectivity index (χ2v) is 4.89. The number of rotatable bonds is 4. The van der Waals surface area contributed by atoms with Gasteiger partial charge >= 0.3 is 6.18 Å². The number of aryl methyl sites for hydroxylation is 1. The summed E-state index contributed by atoms with van der Waals surface area (Å²) in [5.41, 5.74) is 6.39. The van der Waals surface area contributed by atoms with Crippen LogP contribution in [0.4, 0.5) is 19.0 Å². The highest BCUT2D eigenvalue weighted by Gasteiger charge is 2.27. The second-order valence-electron chi connectivity index (χ2n) is 3.91. The number of nitrogens with zero attached hydrogens (tertiary/aromatic N) is 3. The predicted molar refractivity (Wildman–Crippen MR) is 65.7 cm³/mol. The van der Waals surface area contributed by atoms with Crippen molar-refractivity contribution >= 4 is 17.2 Å². The van der Waals surface area contributed by atoms with Crippen molar-refractivity contribution in [1.82, 2.24) is 15.0 Å². The number of hydrogen-bond acceptors (Lipinski definition) is 5. The maximum absolute atomic E-state index is 12.1. The lowest BCUT2D eigenvalue weighted by Crippen LogP contribution is -2.11. The van der Waals surface area contributed by atoms with E-state index in [2.05, 4.69) is 15.0 Å². The first-order valence-electron chi connectivity index (χ1n) is 5.49. The van der Waals surface area contributed by atoms with Crippen molar-refractivity contribution in [1.29, 1.82) is 0 Å². The Balaban J connectivity index is 2.05. The number of aromatic nitrogens is 3. The van der Waals surface area contributed by atoms with E-state index in [1.165, 1.54) is 17.5 Å². The quantitative estimate of drug-likeness (QED) is 0.939. The molecule has 0 atom stereocenters. The number of alkyl halides is 3. The van der Waals surface area contributed by atoms with Gasteiger partial charge in [0, 0.05) is 36.2 Å². The second kappa shape index (κ2) is 5.52. The highest BCUT2D eigenvalue weighted by Crippen LogP contribution is 2.22. The van der Waals surface area contributed by atoms with Crippen molar-refractivity contribution in [2.45, 2.75) is 25.4 Å². The standard InChI is InChI=1S/C11H11F3N4S/c12-11(13,14)2-1-8-17-6-7(10(15)18-8)5-9-16-3-4-19-9/h3-4,6H,1-2,5H2,(H2,15,17,18). The van der Waals surface area contributed by atoms with Crippen LogP contribution in [0.5, 0.6) is 0 Å². The van der Waals surface area contributed by atoms with Gasteiger partial charge in [-0.05, 0) is 0 Å². The van der Waals surface area contributed by atoms with Crippen molar-refractivity contribution in [3.8, 4) is 0 Å². The van der Waals surface area contributed by atoms with Gasteiger partial charge in [-0.25, -0.2) is 15.0 Å². The molecule has 0 aliphatic rings. The van der Waals surface area contributed by atoms with Crippen molar-refractivity contribution in [3.05, 3.63) is 34.2 Å². The fraction of sp³-hybridized carbons (Fsp3) is 0.364. The molecule has 0 amide bonds.